The lowest BCUT2D eigenvalue weighted by atomic mass is 9.95. The van der Waals surface area contributed by atoms with Gasteiger partial charge in [0.2, 0.25) is 0 Å². The van der Waals surface area contributed by atoms with E-state index in [1.165, 1.54) is 36.8 Å². The van der Waals surface area contributed by atoms with Crippen LogP contribution in [0.3, 0.4) is 0 Å². The molecule has 1 unspecified atom stereocenters. The molecule has 0 aliphatic heterocycles. The molecule has 2 rings (SSSR count). The number of benzene rings is 2. The van der Waals surface area contributed by atoms with Gasteiger partial charge in [-0.15, -0.1) is 0 Å². The second-order valence-corrected chi connectivity index (χ2v) is 5.87. The fourth-order valence-corrected chi connectivity index (χ4v) is 2.65. The van der Waals surface area contributed by atoms with Gasteiger partial charge in [-0.05, 0) is 54.9 Å². The molecule has 2 aromatic carbocycles. The lowest BCUT2D eigenvalue weighted by Gasteiger charge is -2.11. The van der Waals surface area contributed by atoms with Crippen LogP contribution in [0.15, 0.2) is 54.6 Å². The molecule has 0 aromatic heterocycles. The number of hydrogen-bond acceptors (Lipinski definition) is 1. The maximum Gasteiger partial charge on any atom is 0.118 e. The Bertz CT molecular complexity index is 501. The fourth-order valence-electron chi connectivity index (χ4n) is 2.65. The van der Waals surface area contributed by atoms with Gasteiger partial charge in [-0.3, -0.25) is 0 Å². The normalized spacial score (nSPS) is 12.1. The maximum atomic E-state index is 5.19. The van der Waals surface area contributed by atoms with Crippen LogP contribution in [-0.4, -0.2) is 7.11 Å². The average Bonchev–Trinajstić information content (AvgIpc) is 2.54. The first kappa shape index (κ1) is 15.6. The quantitative estimate of drug-likeness (QED) is 0.639. The smallest absolute Gasteiger partial charge is 0.118 e. The van der Waals surface area contributed by atoms with Crippen molar-refractivity contribution < 1.29 is 4.74 Å². The molecule has 1 nitrogen and oxygen atoms in total. The van der Waals surface area contributed by atoms with Gasteiger partial charge < -0.3 is 4.74 Å². The fraction of sp³-hybridized carbons (Fsp3) is 0.400. The summed E-state index contributed by atoms with van der Waals surface area (Å²) in [6.07, 6.45) is 6.23. The minimum Gasteiger partial charge on any atom is -0.497 e. The third-order valence-electron chi connectivity index (χ3n) is 4.09. The van der Waals surface area contributed by atoms with Crippen LogP contribution in [0.5, 0.6) is 5.75 Å². The van der Waals surface area contributed by atoms with E-state index in [0.717, 1.165) is 18.1 Å². The molecule has 0 aliphatic carbocycles. The molecule has 0 amide bonds. The second-order valence-electron chi connectivity index (χ2n) is 5.87. The third-order valence-corrected chi connectivity index (χ3v) is 4.09. The standard InChI is InChI=1S/C20H26O/c1-17(7-6-10-18-8-4-3-5-9-18)11-12-19-13-15-20(21-2)16-14-19/h3-5,8-9,13-17H,6-7,10-12H2,1-2H3. The minimum atomic E-state index is 0.788. The van der Waals surface area contributed by atoms with Crippen LogP contribution in [0.4, 0.5) is 0 Å². The number of rotatable bonds is 8. The Labute approximate surface area is 129 Å². The Kier molecular flexibility index (Phi) is 6.33. The molecule has 21 heavy (non-hydrogen) atoms. The van der Waals surface area contributed by atoms with Gasteiger partial charge in [0.25, 0.3) is 0 Å². The Hall–Kier alpha value is -1.76. The van der Waals surface area contributed by atoms with Gasteiger partial charge in [0.1, 0.15) is 5.75 Å². The van der Waals surface area contributed by atoms with E-state index >= 15 is 0 Å². The van der Waals surface area contributed by atoms with Gasteiger partial charge >= 0.3 is 0 Å². The lowest BCUT2D eigenvalue weighted by molar-refractivity contribution is 0.414. The summed E-state index contributed by atoms with van der Waals surface area (Å²) in [5.41, 5.74) is 2.87. The average molecular weight is 282 g/mol. The molecular weight excluding hydrogens is 256 g/mol. The van der Waals surface area contributed by atoms with Gasteiger partial charge in [-0.2, -0.15) is 0 Å². The van der Waals surface area contributed by atoms with E-state index in [9.17, 15) is 0 Å². The zero-order chi connectivity index (χ0) is 14.9. The highest BCUT2D eigenvalue weighted by atomic mass is 16.5. The third kappa shape index (κ3) is 5.63. The van der Waals surface area contributed by atoms with Crippen molar-refractivity contribution in [2.45, 2.75) is 39.0 Å². The van der Waals surface area contributed by atoms with E-state index in [1.807, 2.05) is 0 Å². The Balaban J connectivity index is 1.66. The largest absolute Gasteiger partial charge is 0.497 e. The second kappa shape index (κ2) is 8.51. The summed E-state index contributed by atoms with van der Waals surface area (Å²) >= 11 is 0. The van der Waals surface area contributed by atoms with E-state index in [-0.39, 0.29) is 0 Å². The summed E-state index contributed by atoms with van der Waals surface area (Å²) in [6, 6.07) is 19.2. The summed E-state index contributed by atoms with van der Waals surface area (Å²) in [6.45, 7) is 2.37. The van der Waals surface area contributed by atoms with Crippen LogP contribution in [0.2, 0.25) is 0 Å². The highest BCUT2D eigenvalue weighted by molar-refractivity contribution is 5.27. The van der Waals surface area contributed by atoms with Crippen LogP contribution in [0.1, 0.15) is 37.3 Å². The number of methoxy groups -OCH3 is 1. The van der Waals surface area contributed by atoms with E-state index in [2.05, 4.69) is 61.5 Å². The first-order chi connectivity index (χ1) is 10.3. The molecule has 0 heterocycles. The van der Waals surface area contributed by atoms with Crippen molar-refractivity contribution in [2.75, 3.05) is 7.11 Å². The summed E-state index contributed by atoms with van der Waals surface area (Å²) in [7, 11) is 1.71. The van der Waals surface area contributed by atoms with Crippen molar-refractivity contribution in [2.24, 2.45) is 5.92 Å². The highest BCUT2D eigenvalue weighted by Crippen LogP contribution is 2.18. The molecule has 1 heteroatoms. The SMILES string of the molecule is COc1ccc(CCC(C)CCCc2ccccc2)cc1. The maximum absolute atomic E-state index is 5.19. The molecule has 0 radical (unpaired) electrons. The van der Waals surface area contributed by atoms with Crippen LogP contribution in [0, 0.1) is 5.92 Å². The molecule has 0 saturated heterocycles. The van der Waals surface area contributed by atoms with Crippen molar-refractivity contribution in [1.82, 2.24) is 0 Å². The molecule has 0 saturated carbocycles. The molecule has 0 bridgehead atoms. The van der Waals surface area contributed by atoms with Crippen LogP contribution in [-0.2, 0) is 12.8 Å². The minimum absolute atomic E-state index is 0.788. The summed E-state index contributed by atoms with van der Waals surface area (Å²) in [5.74, 6) is 1.73. The van der Waals surface area contributed by atoms with E-state index < -0.39 is 0 Å². The Morgan fingerprint density at radius 2 is 1.48 bits per heavy atom. The van der Waals surface area contributed by atoms with E-state index in [4.69, 9.17) is 4.74 Å². The first-order valence-corrected chi connectivity index (χ1v) is 7.95. The van der Waals surface area contributed by atoms with Gasteiger partial charge in [-0.1, -0.05) is 55.8 Å². The topological polar surface area (TPSA) is 9.23 Å². The zero-order valence-electron chi connectivity index (χ0n) is 13.2. The molecular formula is C20H26O. The van der Waals surface area contributed by atoms with Crippen molar-refractivity contribution in [1.29, 1.82) is 0 Å². The highest BCUT2D eigenvalue weighted by Gasteiger charge is 2.04. The van der Waals surface area contributed by atoms with Gasteiger partial charge in [-0.25, -0.2) is 0 Å². The molecule has 0 N–H and O–H groups in total. The van der Waals surface area contributed by atoms with E-state index in [1.54, 1.807) is 7.11 Å². The zero-order valence-corrected chi connectivity index (χ0v) is 13.2. The summed E-state index contributed by atoms with van der Waals surface area (Å²) in [5, 5.41) is 0. The van der Waals surface area contributed by atoms with Gasteiger partial charge in [0.15, 0.2) is 0 Å². The van der Waals surface area contributed by atoms with Crippen LogP contribution >= 0.6 is 0 Å². The Morgan fingerprint density at radius 3 is 2.14 bits per heavy atom. The summed E-state index contributed by atoms with van der Waals surface area (Å²) < 4.78 is 5.19. The van der Waals surface area contributed by atoms with Gasteiger partial charge in [0, 0.05) is 0 Å². The molecule has 2 aromatic rings. The molecule has 0 spiro atoms. The van der Waals surface area contributed by atoms with E-state index in [0.29, 0.717) is 0 Å². The monoisotopic (exact) mass is 282 g/mol. The number of hydrogen-bond donors (Lipinski definition) is 0. The van der Waals surface area contributed by atoms with Crippen molar-refractivity contribution in [3.05, 3.63) is 65.7 Å². The molecule has 0 aliphatic rings. The number of ether oxygens (including phenoxy) is 1. The van der Waals surface area contributed by atoms with Crippen LogP contribution < -0.4 is 4.74 Å². The van der Waals surface area contributed by atoms with Crippen molar-refractivity contribution in [3.8, 4) is 5.75 Å². The van der Waals surface area contributed by atoms with Gasteiger partial charge in [0.05, 0.1) is 7.11 Å². The summed E-state index contributed by atoms with van der Waals surface area (Å²) in [4.78, 5) is 0. The number of aryl methyl sites for hydroxylation is 2. The lowest BCUT2D eigenvalue weighted by Crippen LogP contribution is -1.99. The van der Waals surface area contributed by atoms with Crippen molar-refractivity contribution in [3.63, 3.8) is 0 Å². The predicted octanol–water partition coefficient (Wildman–Crippen LogP) is 5.29. The Morgan fingerprint density at radius 1 is 0.810 bits per heavy atom. The molecule has 1 atom stereocenters. The predicted molar refractivity (Wildman–Crippen MR) is 89.9 cm³/mol. The first-order valence-electron chi connectivity index (χ1n) is 7.95. The molecule has 0 fully saturated rings. The van der Waals surface area contributed by atoms with Crippen molar-refractivity contribution >= 4 is 0 Å². The molecule has 112 valence electrons. The van der Waals surface area contributed by atoms with Crippen LogP contribution in [0.25, 0.3) is 0 Å².